The van der Waals surface area contributed by atoms with Crippen LogP contribution >= 0.6 is 0 Å². The summed E-state index contributed by atoms with van der Waals surface area (Å²) in [5.41, 5.74) is -1.15. The third-order valence-electron chi connectivity index (χ3n) is 5.98. The van der Waals surface area contributed by atoms with Crippen LogP contribution in [0.5, 0.6) is 0 Å². The zero-order valence-electron chi connectivity index (χ0n) is 15.8. The van der Waals surface area contributed by atoms with E-state index in [9.17, 15) is 0 Å². The summed E-state index contributed by atoms with van der Waals surface area (Å²) in [4.78, 5) is 0. The first-order chi connectivity index (χ1) is 9.81. The molecule has 0 unspecified atom stereocenters. The van der Waals surface area contributed by atoms with Crippen LogP contribution in [0.2, 0.25) is 12.1 Å². The molecule has 2 fully saturated rings. The van der Waals surface area contributed by atoms with Crippen LogP contribution in [-0.2, 0) is 18.6 Å². The molecule has 0 N–H and O–H groups in total. The molecule has 2 saturated heterocycles. The van der Waals surface area contributed by atoms with Gasteiger partial charge in [-0.25, -0.2) is 0 Å². The molecule has 0 aromatic carbocycles. The van der Waals surface area contributed by atoms with Gasteiger partial charge in [-0.1, -0.05) is 13.3 Å². The number of hydrogen-bond donors (Lipinski definition) is 0. The summed E-state index contributed by atoms with van der Waals surface area (Å²) in [6, 6.07) is 0. The van der Waals surface area contributed by atoms with Gasteiger partial charge in [0.15, 0.2) is 0 Å². The summed E-state index contributed by atoms with van der Waals surface area (Å²) in [7, 11) is -0.400. The molecule has 2 heterocycles. The smallest absolute Gasteiger partial charge is 0.403 e. The quantitative estimate of drug-likeness (QED) is 0.737. The Hall–Kier alpha value is -0.0301. The van der Waals surface area contributed by atoms with E-state index >= 15 is 0 Å². The fourth-order valence-electron chi connectivity index (χ4n) is 2.86. The van der Waals surface area contributed by atoms with Crippen molar-refractivity contribution in [2.75, 3.05) is 0 Å². The topological polar surface area (TPSA) is 36.9 Å². The van der Waals surface area contributed by atoms with Gasteiger partial charge in [-0.3, -0.25) is 0 Å². The summed E-state index contributed by atoms with van der Waals surface area (Å²) in [5, 5.41) is 0. The highest BCUT2D eigenvalue weighted by molar-refractivity contribution is 6.53. The molecule has 6 heteroatoms. The highest BCUT2D eigenvalue weighted by Crippen LogP contribution is 2.44. The summed E-state index contributed by atoms with van der Waals surface area (Å²) in [6.07, 6.45) is 1.76. The van der Waals surface area contributed by atoms with E-state index in [0.717, 1.165) is 12.7 Å². The molecule has 2 aliphatic heterocycles. The van der Waals surface area contributed by atoms with Gasteiger partial charge >= 0.3 is 14.2 Å². The van der Waals surface area contributed by atoms with Gasteiger partial charge in [-0.15, -0.1) is 0 Å². The maximum atomic E-state index is 6.20. The van der Waals surface area contributed by atoms with Crippen molar-refractivity contribution in [1.29, 1.82) is 0 Å². The lowest BCUT2D eigenvalue weighted by molar-refractivity contribution is 0.00578. The highest BCUT2D eigenvalue weighted by Gasteiger charge is 2.56. The van der Waals surface area contributed by atoms with Crippen LogP contribution in [-0.4, -0.2) is 36.6 Å². The van der Waals surface area contributed by atoms with E-state index < -0.39 is 0 Å². The molecule has 2 aliphatic rings. The Morgan fingerprint density at radius 1 is 0.682 bits per heavy atom. The van der Waals surface area contributed by atoms with Crippen molar-refractivity contribution in [2.24, 2.45) is 0 Å². The minimum absolute atomic E-state index is 0.200. The average Bonchev–Trinajstić information content (AvgIpc) is 2.65. The van der Waals surface area contributed by atoms with E-state index in [-0.39, 0.29) is 42.5 Å². The predicted octanol–water partition coefficient (Wildman–Crippen LogP) is 3.95. The van der Waals surface area contributed by atoms with Crippen molar-refractivity contribution in [2.45, 2.75) is 103 Å². The third-order valence-corrected chi connectivity index (χ3v) is 5.98. The molecule has 0 amide bonds. The van der Waals surface area contributed by atoms with Crippen LogP contribution < -0.4 is 0 Å². The van der Waals surface area contributed by atoms with Gasteiger partial charge in [0, 0.05) is 0 Å². The Kier molecular flexibility index (Phi) is 4.58. The molecule has 0 aliphatic carbocycles. The monoisotopic (exact) mass is 310 g/mol. The van der Waals surface area contributed by atoms with Gasteiger partial charge in [0.05, 0.1) is 22.4 Å². The Balaban J connectivity index is 2.03. The Bertz CT molecular complexity index is 388. The van der Waals surface area contributed by atoms with E-state index in [2.05, 4.69) is 62.3 Å². The molecule has 0 aromatic heterocycles. The van der Waals surface area contributed by atoms with Crippen molar-refractivity contribution in [3.05, 3.63) is 0 Å². The lowest BCUT2D eigenvalue weighted by Crippen LogP contribution is -2.41. The predicted molar refractivity (Wildman–Crippen MR) is 91.0 cm³/mol. The molecular weight excluding hydrogens is 278 g/mol. The van der Waals surface area contributed by atoms with E-state index in [1.165, 1.54) is 0 Å². The van der Waals surface area contributed by atoms with Crippen molar-refractivity contribution < 1.29 is 18.6 Å². The zero-order valence-corrected chi connectivity index (χ0v) is 15.8. The molecule has 0 radical (unpaired) electrons. The fourth-order valence-corrected chi connectivity index (χ4v) is 2.86. The van der Waals surface area contributed by atoms with Crippen molar-refractivity contribution in [3.8, 4) is 0 Å². The SMILES string of the molecule is CC[C@H](CB1OC(C)(C)C(C)(C)O1)B1OC(C)(C)C(C)(C)O1. The summed E-state index contributed by atoms with van der Waals surface area (Å²) >= 11 is 0. The van der Waals surface area contributed by atoms with Gasteiger partial charge in [0.25, 0.3) is 0 Å². The molecule has 2 rings (SSSR count). The fraction of sp³-hybridized carbons (Fsp3) is 1.00. The first-order valence-electron chi connectivity index (χ1n) is 8.52. The van der Waals surface area contributed by atoms with Crippen molar-refractivity contribution in [1.82, 2.24) is 0 Å². The van der Waals surface area contributed by atoms with Gasteiger partial charge in [0.2, 0.25) is 0 Å². The van der Waals surface area contributed by atoms with Gasteiger partial charge < -0.3 is 18.6 Å². The normalized spacial score (nSPS) is 29.9. The molecule has 0 saturated carbocycles. The number of hydrogen-bond acceptors (Lipinski definition) is 4. The molecule has 1 atom stereocenters. The number of rotatable bonds is 4. The summed E-state index contributed by atoms with van der Waals surface area (Å²) in [6.45, 7) is 18.9. The van der Waals surface area contributed by atoms with Crippen LogP contribution in [0.1, 0.15) is 68.7 Å². The molecule has 0 aromatic rings. The van der Waals surface area contributed by atoms with Crippen LogP contribution in [0.3, 0.4) is 0 Å². The largest absolute Gasteiger partial charge is 0.460 e. The lowest BCUT2D eigenvalue weighted by Gasteiger charge is -2.32. The zero-order chi connectivity index (χ0) is 17.0. The maximum absolute atomic E-state index is 6.20. The molecule has 22 heavy (non-hydrogen) atoms. The first kappa shape index (κ1) is 18.3. The summed E-state index contributed by atoms with van der Waals surface area (Å²) in [5.74, 6) is 0.260. The molecular formula is C16H32B2O4. The molecule has 4 nitrogen and oxygen atoms in total. The van der Waals surface area contributed by atoms with Crippen LogP contribution in [0, 0.1) is 0 Å². The average molecular weight is 310 g/mol. The first-order valence-corrected chi connectivity index (χ1v) is 8.52. The van der Waals surface area contributed by atoms with Gasteiger partial charge in [-0.05, 0) is 67.5 Å². The van der Waals surface area contributed by atoms with Gasteiger partial charge in [0.1, 0.15) is 0 Å². The highest BCUT2D eigenvalue weighted by atomic mass is 16.7. The van der Waals surface area contributed by atoms with Crippen LogP contribution in [0.25, 0.3) is 0 Å². The minimum Gasteiger partial charge on any atom is -0.403 e. The Morgan fingerprint density at radius 3 is 1.41 bits per heavy atom. The maximum Gasteiger partial charge on any atom is 0.460 e. The molecule has 126 valence electrons. The third kappa shape index (κ3) is 3.12. The minimum atomic E-state index is -0.291. The van der Waals surface area contributed by atoms with Crippen LogP contribution in [0.4, 0.5) is 0 Å². The second kappa shape index (κ2) is 5.51. The van der Waals surface area contributed by atoms with Crippen LogP contribution in [0.15, 0.2) is 0 Å². The second-order valence-corrected chi connectivity index (χ2v) is 8.71. The van der Waals surface area contributed by atoms with Crippen molar-refractivity contribution in [3.63, 3.8) is 0 Å². The van der Waals surface area contributed by atoms with E-state index in [4.69, 9.17) is 18.6 Å². The van der Waals surface area contributed by atoms with Crippen molar-refractivity contribution >= 4 is 14.2 Å². The van der Waals surface area contributed by atoms with Gasteiger partial charge in [-0.2, -0.15) is 0 Å². The lowest BCUT2D eigenvalue weighted by atomic mass is 9.60. The van der Waals surface area contributed by atoms with E-state index in [1.54, 1.807) is 0 Å². The second-order valence-electron chi connectivity index (χ2n) is 8.71. The molecule has 0 spiro atoms. The summed E-state index contributed by atoms with van der Waals surface area (Å²) < 4.78 is 24.6. The molecule has 0 bridgehead atoms. The Morgan fingerprint density at radius 2 is 1.05 bits per heavy atom. The standard InChI is InChI=1S/C16H32B2O4/c1-10-12(18-21-15(6,7)16(8,9)22-18)11-17-19-13(2,3)14(4,5)20-17/h12H,10-11H2,1-9H3/t12-/m1/s1. The van der Waals surface area contributed by atoms with E-state index in [0.29, 0.717) is 0 Å². The van der Waals surface area contributed by atoms with E-state index in [1.807, 2.05) is 0 Å². The Labute approximate surface area is 136 Å².